The van der Waals surface area contributed by atoms with Crippen molar-refractivity contribution in [1.29, 1.82) is 0 Å². The Labute approximate surface area is 183 Å². The number of thiocarbonyl (C=S) groups is 1. The SMILES string of the molecule is CCCCCCCN1C(=O)/C(=C2\SC(=S)N(CCCCC)C2=O)c2ccccc21. The van der Waals surface area contributed by atoms with Crippen LogP contribution in [0.4, 0.5) is 5.69 Å². The lowest BCUT2D eigenvalue weighted by Gasteiger charge is -2.17. The van der Waals surface area contributed by atoms with Crippen LogP contribution in [0.1, 0.15) is 70.8 Å². The van der Waals surface area contributed by atoms with Gasteiger partial charge in [-0.2, -0.15) is 0 Å². The van der Waals surface area contributed by atoms with Crippen molar-refractivity contribution in [3.05, 3.63) is 34.7 Å². The molecule has 3 rings (SSSR count). The van der Waals surface area contributed by atoms with Crippen LogP contribution in [0.5, 0.6) is 0 Å². The van der Waals surface area contributed by atoms with Crippen LogP contribution >= 0.6 is 24.0 Å². The van der Waals surface area contributed by atoms with Crippen LogP contribution < -0.4 is 4.90 Å². The van der Waals surface area contributed by atoms with Gasteiger partial charge in [0.25, 0.3) is 11.8 Å². The first-order chi connectivity index (χ1) is 14.1. The maximum absolute atomic E-state index is 13.3. The first kappa shape index (κ1) is 22.0. The first-order valence-corrected chi connectivity index (χ1v) is 12.0. The van der Waals surface area contributed by atoms with Crippen LogP contribution in [0.15, 0.2) is 29.2 Å². The Hall–Kier alpha value is -1.66. The van der Waals surface area contributed by atoms with Gasteiger partial charge in [-0.25, -0.2) is 0 Å². The largest absolute Gasteiger partial charge is 0.308 e. The third-order valence-corrected chi connectivity index (χ3v) is 6.92. The fourth-order valence-electron chi connectivity index (χ4n) is 3.86. The van der Waals surface area contributed by atoms with Crippen molar-refractivity contribution in [3.8, 4) is 0 Å². The minimum absolute atomic E-state index is 0.0595. The Morgan fingerprint density at radius 3 is 2.21 bits per heavy atom. The molecular weight excluding hydrogens is 400 g/mol. The summed E-state index contributed by atoms with van der Waals surface area (Å²) in [6.07, 6.45) is 8.82. The molecule has 1 fully saturated rings. The van der Waals surface area contributed by atoms with Gasteiger partial charge in [-0.05, 0) is 18.9 Å². The van der Waals surface area contributed by atoms with Crippen molar-refractivity contribution < 1.29 is 9.59 Å². The highest BCUT2D eigenvalue weighted by atomic mass is 32.2. The number of rotatable bonds is 10. The summed E-state index contributed by atoms with van der Waals surface area (Å²) in [5.41, 5.74) is 2.31. The van der Waals surface area contributed by atoms with Crippen LogP contribution in [-0.4, -0.2) is 34.1 Å². The third kappa shape index (κ3) is 4.75. The van der Waals surface area contributed by atoms with Gasteiger partial charge in [0, 0.05) is 18.7 Å². The van der Waals surface area contributed by atoms with E-state index in [9.17, 15) is 9.59 Å². The lowest BCUT2D eigenvalue weighted by atomic mass is 10.1. The zero-order chi connectivity index (χ0) is 20.8. The fraction of sp³-hybridized carbons (Fsp3) is 0.522. The molecule has 0 aromatic heterocycles. The summed E-state index contributed by atoms with van der Waals surface area (Å²) >= 11 is 6.75. The van der Waals surface area contributed by atoms with Crippen LogP contribution in [0, 0.1) is 0 Å². The van der Waals surface area contributed by atoms with Gasteiger partial charge in [-0.1, -0.05) is 94.6 Å². The number of hydrogen-bond donors (Lipinski definition) is 0. The lowest BCUT2D eigenvalue weighted by molar-refractivity contribution is -0.122. The van der Waals surface area contributed by atoms with Crippen LogP contribution in [0.25, 0.3) is 5.57 Å². The quantitative estimate of drug-likeness (QED) is 0.269. The summed E-state index contributed by atoms with van der Waals surface area (Å²) in [4.78, 5) is 30.4. The number of amides is 2. The summed E-state index contributed by atoms with van der Waals surface area (Å²) in [5.74, 6) is -0.171. The second-order valence-corrected chi connectivity index (χ2v) is 9.27. The van der Waals surface area contributed by atoms with Crippen molar-refractivity contribution in [2.75, 3.05) is 18.0 Å². The number of hydrogen-bond acceptors (Lipinski definition) is 4. The van der Waals surface area contributed by atoms with Crippen molar-refractivity contribution in [3.63, 3.8) is 0 Å². The Bertz CT molecular complexity index is 819. The molecule has 0 radical (unpaired) electrons. The molecule has 1 aromatic rings. The number of unbranched alkanes of at least 4 members (excludes halogenated alkanes) is 6. The van der Waals surface area contributed by atoms with Gasteiger partial charge in [-0.3, -0.25) is 14.5 Å². The minimum atomic E-state index is -0.112. The maximum Gasteiger partial charge on any atom is 0.267 e. The number of carbonyl (C=O) groups is 2. The molecule has 2 aliphatic rings. The van der Waals surface area contributed by atoms with E-state index in [-0.39, 0.29) is 11.8 Å². The monoisotopic (exact) mass is 430 g/mol. The number of carbonyl (C=O) groups excluding carboxylic acids is 2. The first-order valence-electron chi connectivity index (χ1n) is 10.8. The average Bonchev–Trinajstić information content (AvgIpc) is 3.15. The summed E-state index contributed by atoms with van der Waals surface area (Å²) in [5, 5.41) is 0. The fourth-order valence-corrected chi connectivity index (χ4v) is 5.24. The molecule has 0 N–H and O–H groups in total. The molecule has 0 bridgehead atoms. The van der Waals surface area contributed by atoms with Crippen molar-refractivity contribution in [1.82, 2.24) is 4.90 Å². The predicted molar refractivity (Wildman–Crippen MR) is 126 cm³/mol. The zero-order valence-corrected chi connectivity index (χ0v) is 19.0. The van der Waals surface area contributed by atoms with Gasteiger partial charge < -0.3 is 4.90 Å². The van der Waals surface area contributed by atoms with E-state index in [1.54, 1.807) is 4.90 Å². The average molecular weight is 431 g/mol. The zero-order valence-electron chi connectivity index (χ0n) is 17.4. The highest BCUT2D eigenvalue weighted by Gasteiger charge is 2.41. The van der Waals surface area contributed by atoms with E-state index in [0.29, 0.717) is 27.9 Å². The molecule has 6 heteroatoms. The summed E-state index contributed by atoms with van der Waals surface area (Å²) < 4.78 is 0.567. The highest BCUT2D eigenvalue weighted by Crippen LogP contribution is 2.44. The summed E-state index contributed by atoms with van der Waals surface area (Å²) in [7, 11) is 0. The van der Waals surface area contributed by atoms with E-state index >= 15 is 0 Å². The topological polar surface area (TPSA) is 40.6 Å². The van der Waals surface area contributed by atoms with Gasteiger partial charge in [0.05, 0.1) is 16.2 Å². The van der Waals surface area contributed by atoms with E-state index in [2.05, 4.69) is 13.8 Å². The Morgan fingerprint density at radius 1 is 0.828 bits per heavy atom. The predicted octanol–water partition coefficient (Wildman–Crippen LogP) is 5.77. The van der Waals surface area contributed by atoms with E-state index in [0.717, 1.165) is 43.4 Å². The number of thioether (sulfide) groups is 1. The number of para-hydroxylation sites is 1. The van der Waals surface area contributed by atoms with Gasteiger partial charge in [-0.15, -0.1) is 0 Å². The molecule has 0 aliphatic carbocycles. The standard InChI is InChI=1S/C23H30N2O2S2/c1-3-5-7-8-12-15-24-18-14-10-9-13-17(18)19(21(24)26)20-22(27)25(23(28)29-20)16-11-6-4-2/h9-10,13-14H,3-8,11-12,15-16H2,1-2H3/b20-19-. The molecule has 4 nitrogen and oxygen atoms in total. The number of fused-ring (bicyclic) bond motifs is 1. The molecular formula is C23H30N2O2S2. The number of benzene rings is 1. The van der Waals surface area contributed by atoms with Crippen molar-refractivity contribution in [2.24, 2.45) is 0 Å². The van der Waals surface area contributed by atoms with Crippen LogP contribution in [0.3, 0.4) is 0 Å². The van der Waals surface area contributed by atoms with Crippen molar-refractivity contribution >= 4 is 51.4 Å². The minimum Gasteiger partial charge on any atom is -0.308 e. The molecule has 2 amide bonds. The molecule has 0 saturated carbocycles. The van der Waals surface area contributed by atoms with Gasteiger partial charge in [0.1, 0.15) is 4.32 Å². The Kier molecular flexibility index (Phi) is 7.90. The molecule has 0 unspecified atom stereocenters. The van der Waals surface area contributed by atoms with E-state index in [1.165, 1.54) is 31.0 Å². The third-order valence-electron chi connectivity index (χ3n) is 5.47. The molecule has 2 aliphatic heterocycles. The second kappa shape index (κ2) is 10.4. The van der Waals surface area contributed by atoms with Crippen molar-refractivity contribution in [2.45, 2.75) is 65.2 Å². The molecule has 1 saturated heterocycles. The lowest BCUT2D eigenvalue weighted by Crippen LogP contribution is -2.30. The second-order valence-electron chi connectivity index (χ2n) is 7.62. The van der Waals surface area contributed by atoms with Crippen LogP contribution in [0.2, 0.25) is 0 Å². The molecule has 1 aromatic carbocycles. The van der Waals surface area contributed by atoms with Gasteiger partial charge in [0.15, 0.2) is 0 Å². The molecule has 0 spiro atoms. The highest BCUT2D eigenvalue weighted by molar-refractivity contribution is 8.26. The van der Waals surface area contributed by atoms with E-state index in [4.69, 9.17) is 12.2 Å². The molecule has 29 heavy (non-hydrogen) atoms. The van der Waals surface area contributed by atoms with Crippen LogP contribution in [-0.2, 0) is 9.59 Å². The van der Waals surface area contributed by atoms with Gasteiger partial charge in [0.2, 0.25) is 0 Å². The molecule has 156 valence electrons. The van der Waals surface area contributed by atoms with E-state index < -0.39 is 0 Å². The van der Waals surface area contributed by atoms with Gasteiger partial charge >= 0.3 is 0 Å². The normalized spacial score (nSPS) is 18.9. The molecule has 0 atom stereocenters. The summed E-state index contributed by atoms with van der Waals surface area (Å²) in [6, 6.07) is 7.81. The number of nitrogens with zero attached hydrogens (tertiary/aromatic N) is 2. The summed E-state index contributed by atoms with van der Waals surface area (Å²) in [6.45, 7) is 5.66. The smallest absolute Gasteiger partial charge is 0.267 e. The van der Waals surface area contributed by atoms with E-state index in [1.807, 2.05) is 29.2 Å². The Morgan fingerprint density at radius 2 is 1.45 bits per heavy atom. The number of anilines is 1. The Balaban J connectivity index is 1.83. The maximum atomic E-state index is 13.3. The molecule has 2 heterocycles.